The van der Waals surface area contributed by atoms with Crippen molar-refractivity contribution in [3.63, 3.8) is 0 Å². The van der Waals surface area contributed by atoms with Gasteiger partial charge in [-0.3, -0.25) is 0 Å². The molecule has 5 heteroatoms. The lowest BCUT2D eigenvalue weighted by Gasteiger charge is -2.23. The van der Waals surface area contributed by atoms with Crippen molar-refractivity contribution in [2.75, 3.05) is 24.6 Å². The second-order valence-corrected chi connectivity index (χ2v) is 3.39. The Morgan fingerprint density at radius 1 is 1.50 bits per heavy atom. The number of aliphatic hydroxyl groups excluding tert-OH is 1. The van der Waals surface area contributed by atoms with E-state index in [1.54, 1.807) is 17.2 Å². The molecule has 0 radical (unpaired) electrons. The molecule has 0 aromatic carbocycles. The quantitative estimate of drug-likeness (QED) is 0.753. The van der Waals surface area contributed by atoms with Gasteiger partial charge in [-0.05, 0) is 18.6 Å². The number of carbonyl (C=O) groups is 1. The van der Waals surface area contributed by atoms with Crippen LogP contribution < -0.4 is 4.90 Å². The van der Waals surface area contributed by atoms with Crippen LogP contribution in [0, 0.1) is 0 Å². The number of aromatic nitrogens is 1. The second kappa shape index (κ2) is 6.07. The van der Waals surface area contributed by atoms with Crippen molar-refractivity contribution in [3.05, 3.63) is 23.9 Å². The van der Waals surface area contributed by atoms with Crippen molar-refractivity contribution < 1.29 is 15.0 Å². The number of anilines is 1. The van der Waals surface area contributed by atoms with Gasteiger partial charge >= 0.3 is 5.97 Å². The molecule has 2 N–H and O–H groups in total. The van der Waals surface area contributed by atoms with E-state index in [-0.39, 0.29) is 12.2 Å². The first-order valence-corrected chi connectivity index (χ1v) is 5.24. The molecule has 0 saturated heterocycles. The predicted molar refractivity (Wildman–Crippen MR) is 60.8 cm³/mol. The zero-order valence-corrected chi connectivity index (χ0v) is 9.26. The Hall–Kier alpha value is -1.62. The van der Waals surface area contributed by atoms with Crippen molar-refractivity contribution in [2.24, 2.45) is 0 Å². The molecular weight excluding hydrogens is 208 g/mol. The van der Waals surface area contributed by atoms with Gasteiger partial charge in [-0.15, -0.1) is 0 Å². The van der Waals surface area contributed by atoms with Crippen molar-refractivity contribution >= 4 is 11.8 Å². The number of aromatic carboxylic acids is 1. The normalized spacial score (nSPS) is 10.1. The van der Waals surface area contributed by atoms with E-state index in [0.29, 0.717) is 18.9 Å². The van der Waals surface area contributed by atoms with Crippen LogP contribution in [0.3, 0.4) is 0 Å². The van der Waals surface area contributed by atoms with Crippen LogP contribution in [0.1, 0.15) is 23.7 Å². The summed E-state index contributed by atoms with van der Waals surface area (Å²) < 4.78 is 0. The van der Waals surface area contributed by atoms with Gasteiger partial charge in [0.15, 0.2) is 0 Å². The van der Waals surface area contributed by atoms with Crippen LogP contribution in [0.25, 0.3) is 0 Å². The number of hydrogen-bond donors (Lipinski definition) is 2. The maximum Gasteiger partial charge on any atom is 0.339 e. The molecule has 0 bridgehead atoms. The Morgan fingerprint density at radius 3 is 2.81 bits per heavy atom. The van der Waals surface area contributed by atoms with Crippen LogP contribution in [-0.4, -0.2) is 40.9 Å². The van der Waals surface area contributed by atoms with Crippen LogP contribution in [0.4, 0.5) is 5.82 Å². The van der Waals surface area contributed by atoms with E-state index in [9.17, 15) is 4.79 Å². The summed E-state index contributed by atoms with van der Waals surface area (Å²) >= 11 is 0. The first-order valence-electron chi connectivity index (χ1n) is 5.24. The smallest absolute Gasteiger partial charge is 0.339 e. The summed E-state index contributed by atoms with van der Waals surface area (Å²) in [6.07, 6.45) is 2.43. The van der Waals surface area contributed by atoms with Gasteiger partial charge in [-0.25, -0.2) is 9.78 Å². The lowest BCUT2D eigenvalue weighted by Crippen LogP contribution is -2.29. The van der Waals surface area contributed by atoms with Crippen molar-refractivity contribution in [3.8, 4) is 0 Å². The number of pyridine rings is 1. The fourth-order valence-corrected chi connectivity index (χ4v) is 1.53. The summed E-state index contributed by atoms with van der Waals surface area (Å²) in [6.45, 7) is 3.05. The summed E-state index contributed by atoms with van der Waals surface area (Å²) in [5.74, 6) is -0.576. The standard InChI is InChI=1S/C11H16N2O3/c1-2-6-13(7-8-14)10-9(11(15)16)4-3-5-12-10/h3-5,14H,2,6-8H2,1H3,(H,15,16). The van der Waals surface area contributed by atoms with Crippen molar-refractivity contribution in [1.29, 1.82) is 0 Å². The Labute approximate surface area is 94.4 Å². The lowest BCUT2D eigenvalue weighted by atomic mass is 10.2. The minimum absolute atomic E-state index is 0.0182. The van der Waals surface area contributed by atoms with Gasteiger partial charge in [0.1, 0.15) is 11.4 Å². The van der Waals surface area contributed by atoms with E-state index in [4.69, 9.17) is 10.2 Å². The molecule has 1 heterocycles. The fraction of sp³-hybridized carbons (Fsp3) is 0.455. The highest BCUT2D eigenvalue weighted by Gasteiger charge is 2.15. The number of rotatable bonds is 6. The molecule has 0 aliphatic heterocycles. The van der Waals surface area contributed by atoms with Crippen LogP contribution in [0.2, 0.25) is 0 Å². The zero-order valence-electron chi connectivity index (χ0n) is 9.26. The molecule has 0 aliphatic rings. The highest BCUT2D eigenvalue weighted by molar-refractivity contribution is 5.93. The van der Waals surface area contributed by atoms with E-state index in [1.807, 2.05) is 6.92 Å². The van der Waals surface area contributed by atoms with Gasteiger partial charge in [0.25, 0.3) is 0 Å². The summed E-state index contributed by atoms with van der Waals surface area (Å²) in [7, 11) is 0. The third-order valence-corrected chi connectivity index (χ3v) is 2.18. The van der Waals surface area contributed by atoms with Gasteiger partial charge in [-0.2, -0.15) is 0 Å². The second-order valence-electron chi connectivity index (χ2n) is 3.39. The minimum Gasteiger partial charge on any atom is -0.478 e. The number of hydrogen-bond acceptors (Lipinski definition) is 4. The summed E-state index contributed by atoms with van der Waals surface area (Å²) in [6, 6.07) is 3.11. The lowest BCUT2D eigenvalue weighted by molar-refractivity contribution is 0.0697. The van der Waals surface area contributed by atoms with E-state index in [1.165, 1.54) is 6.07 Å². The van der Waals surface area contributed by atoms with Gasteiger partial charge in [0, 0.05) is 19.3 Å². The summed E-state index contributed by atoms with van der Waals surface area (Å²) in [4.78, 5) is 16.9. The maximum atomic E-state index is 11.0. The van der Waals surface area contributed by atoms with E-state index in [2.05, 4.69) is 4.98 Å². The molecule has 1 aromatic heterocycles. The number of aliphatic hydroxyl groups is 1. The van der Waals surface area contributed by atoms with Crippen LogP contribution in [0.15, 0.2) is 18.3 Å². The number of nitrogens with zero attached hydrogens (tertiary/aromatic N) is 2. The van der Waals surface area contributed by atoms with Crippen LogP contribution in [0.5, 0.6) is 0 Å². The summed E-state index contributed by atoms with van der Waals surface area (Å²) in [5, 5.41) is 18.0. The first-order chi connectivity index (χ1) is 7.70. The molecule has 0 fully saturated rings. The van der Waals surface area contributed by atoms with E-state index in [0.717, 1.165) is 6.42 Å². The molecule has 1 aromatic rings. The Kier molecular flexibility index (Phi) is 4.72. The largest absolute Gasteiger partial charge is 0.478 e. The number of carboxylic acids is 1. The molecule has 0 atom stereocenters. The Bertz CT molecular complexity index is 349. The van der Waals surface area contributed by atoms with E-state index >= 15 is 0 Å². The maximum absolute atomic E-state index is 11.0. The monoisotopic (exact) mass is 224 g/mol. The predicted octanol–water partition coefficient (Wildman–Crippen LogP) is 0.989. The van der Waals surface area contributed by atoms with Gasteiger partial charge in [0.2, 0.25) is 0 Å². The Morgan fingerprint density at radius 2 is 2.25 bits per heavy atom. The highest BCUT2D eigenvalue weighted by atomic mass is 16.4. The average molecular weight is 224 g/mol. The molecule has 0 aliphatic carbocycles. The third kappa shape index (κ3) is 2.93. The van der Waals surface area contributed by atoms with Gasteiger partial charge in [-0.1, -0.05) is 6.92 Å². The highest BCUT2D eigenvalue weighted by Crippen LogP contribution is 2.17. The SMILES string of the molecule is CCCN(CCO)c1ncccc1C(=O)O. The summed E-state index contributed by atoms with van der Waals surface area (Å²) in [5.41, 5.74) is 0.171. The minimum atomic E-state index is -0.998. The molecule has 0 spiro atoms. The molecule has 16 heavy (non-hydrogen) atoms. The molecular formula is C11H16N2O3. The third-order valence-electron chi connectivity index (χ3n) is 2.18. The number of carboxylic acid groups (broad SMARTS) is 1. The van der Waals surface area contributed by atoms with Gasteiger partial charge < -0.3 is 15.1 Å². The van der Waals surface area contributed by atoms with E-state index < -0.39 is 5.97 Å². The van der Waals surface area contributed by atoms with Crippen molar-refractivity contribution in [2.45, 2.75) is 13.3 Å². The molecule has 1 rings (SSSR count). The molecule has 0 unspecified atom stereocenters. The van der Waals surface area contributed by atoms with Crippen molar-refractivity contribution in [1.82, 2.24) is 4.98 Å². The van der Waals surface area contributed by atoms with Crippen LogP contribution >= 0.6 is 0 Å². The average Bonchev–Trinajstić information content (AvgIpc) is 2.29. The molecule has 0 amide bonds. The first kappa shape index (κ1) is 12.4. The Balaban J connectivity index is 3.02. The van der Waals surface area contributed by atoms with Crippen LogP contribution in [-0.2, 0) is 0 Å². The van der Waals surface area contributed by atoms with Gasteiger partial charge in [0.05, 0.1) is 6.61 Å². The molecule has 0 saturated carbocycles. The molecule has 88 valence electrons. The topological polar surface area (TPSA) is 73.7 Å². The zero-order chi connectivity index (χ0) is 12.0. The fourth-order valence-electron chi connectivity index (χ4n) is 1.53. The molecule has 5 nitrogen and oxygen atoms in total.